The molecule has 5 nitrogen and oxygen atoms in total. The molecule has 2 heterocycles. The van der Waals surface area contributed by atoms with Gasteiger partial charge in [-0.05, 0) is 36.3 Å². The summed E-state index contributed by atoms with van der Waals surface area (Å²) in [6.07, 6.45) is 3.24. The molecule has 1 aliphatic heterocycles. The number of piperidine rings is 1. The highest BCUT2D eigenvalue weighted by molar-refractivity contribution is 5.76. The van der Waals surface area contributed by atoms with E-state index in [0.29, 0.717) is 30.6 Å². The first-order valence-corrected chi connectivity index (χ1v) is 10.9. The Kier molecular flexibility index (Phi) is 6.26. The van der Waals surface area contributed by atoms with Gasteiger partial charge in [0.15, 0.2) is 0 Å². The molecular weight excluding hydrogens is 374 g/mol. The maximum absolute atomic E-state index is 12.7. The molecule has 4 rings (SSSR count). The molecule has 30 heavy (non-hydrogen) atoms. The summed E-state index contributed by atoms with van der Waals surface area (Å²) in [5, 5.41) is 4.19. The Morgan fingerprint density at radius 2 is 1.90 bits per heavy atom. The van der Waals surface area contributed by atoms with Gasteiger partial charge >= 0.3 is 0 Å². The van der Waals surface area contributed by atoms with E-state index in [1.165, 1.54) is 11.1 Å². The number of carbonyl (C=O) groups is 1. The third-order valence-electron chi connectivity index (χ3n) is 5.87. The Hall–Kier alpha value is -2.95. The van der Waals surface area contributed by atoms with Gasteiger partial charge in [0.25, 0.3) is 0 Å². The lowest BCUT2D eigenvalue weighted by molar-refractivity contribution is -0.132. The second-order valence-electron chi connectivity index (χ2n) is 8.40. The van der Waals surface area contributed by atoms with Crippen LogP contribution in [0.3, 0.4) is 0 Å². The van der Waals surface area contributed by atoms with Gasteiger partial charge in [0.2, 0.25) is 17.6 Å². The van der Waals surface area contributed by atoms with Crippen molar-refractivity contribution >= 4 is 5.91 Å². The second kappa shape index (κ2) is 9.24. The highest BCUT2D eigenvalue weighted by atomic mass is 16.5. The Labute approximate surface area is 178 Å². The van der Waals surface area contributed by atoms with Crippen LogP contribution in [-0.2, 0) is 11.2 Å². The molecule has 1 atom stereocenters. The van der Waals surface area contributed by atoms with Crippen LogP contribution in [-0.4, -0.2) is 34.0 Å². The van der Waals surface area contributed by atoms with Gasteiger partial charge < -0.3 is 9.42 Å². The van der Waals surface area contributed by atoms with E-state index < -0.39 is 0 Å². The van der Waals surface area contributed by atoms with Crippen molar-refractivity contribution in [2.45, 2.75) is 51.4 Å². The van der Waals surface area contributed by atoms with Gasteiger partial charge in [0.1, 0.15) is 0 Å². The number of nitrogens with zero attached hydrogens (tertiary/aromatic N) is 3. The molecule has 0 bridgehead atoms. The molecule has 156 valence electrons. The zero-order valence-electron chi connectivity index (χ0n) is 17.8. The summed E-state index contributed by atoms with van der Waals surface area (Å²) in [4.78, 5) is 19.3. The molecular formula is C25H29N3O2. The summed E-state index contributed by atoms with van der Waals surface area (Å²) in [6, 6.07) is 18.5. The Balaban J connectivity index is 1.38. The summed E-state index contributed by atoms with van der Waals surface area (Å²) >= 11 is 0. The lowest BCUT2D eigenvalue weighted by atomic mass is 9.97. The summed E-state index contributed by atoms with van der Waals surface area (Å²) in [7, 11) is 0. The van der Waals surface area contributed by atoms with E-state index in [2.05, 4.69) is 48.3 Å². The lowest BCUT2D eigenvalue weighted by Crippen LogP contribution is -2.39. The minimum absolute atomic E-state index is 0.107. The second-order valence-corrected chi connectivity index (χ2v) is 8.40. The summed E-state index contributed by atoms with van der Waals surface area (Å²) in [6.45, 7) is 5.82. The topological polar surface area (TPSA) is 59.2 Å². The van der Waals surface area contributed by atoms with Crippen LogP contribution in [0.15, 0.2) is 59.1 Å². The first-order valence-electron chi connectivity index (χ1n) is 10.9. The molecule has 5 heteroatoms. The summed E-state index contributed by atoms with van der Waals surface area (Å²) in [5.41, 5.74) is 3.45. The lowest BCUT2D eigenvalue weighted by Gasteiger charge is -2.31. The van der Waals surface area contributed by atoms with Crippen molar-refractivity contribution in [1.82, 2.24) is 15.0 Å². The minimum Gasteiger partial charge on any atom is -0.342 e. The van der Waals surface area contributed by atoms with Gasteiger partial charge in [-0.3, -0.25) is 4.79 Å². The van der Waals surface area contributed by atoms with E-state index in [1.807, 2.05) is 35.2 Å². The number of amides is 1. The molecule has 0 saturated carbocycles. The first-order chi connectivity index (χ1) is 14.6. The normalized spacial score (nSPS) is 16.8. The smallest absolute Gasteiger partial charge is 0.231 e. The number of hydrogen-bond donors (Lipinski definition) is 0. The highest BCUT2D eigenvalue weighted by Crippen LogP contribution is 2.28. The SMILES string of the molecule is CC(C)c1ccc(-c2noc([C@@H]3CCCN(C(=O)CCc4ccccc4)C3)n2)cc1. The fourth-order valence-electron chi connectivity index (χ4n) is 3.99. The molecule has 1 aliphatic rings. The van der Waals surface area contributed by atoms with Gasteiger partial charge in [0, 0.05) is 25.1 Å². The van der Waals surface area contributed by atoms with Crippen LogP contribution in [0.5, 0.6) is 0 Å². The van der Waals surface area contributed by atoms with Crippen molar-refractivity contribution in [3.8, 4) is 11.4 Å². The van der Waals surface area contributed by atoms with E-state index in [9.17, 15) is 4.79 Å². The van der Waals surface area contributed by atoms with E-state index in [1.54, 1.807) is 0 Å². The minimum atomic E-state index is 0.107. The number of benzene rings is 2. The molecule has 0 spiro atoms. The van der Waals surface area contributed by atoms with Gasteiger partial charge in [-0.25, -0.2) is 0 Å². The highest BCUT2D eigenvalue weighted by Gasteiger charge is 2.28. The largest absolute Gasteiger partial charge is 0.342 e. The van der Waals surface area contributed by atoms with Gasteiger partial charge in [-0.15, -0.1) is 0 Å². The van der Waals surface area contributed by atoms with Crippen LogP contribution in [0.1, 0.15) is 62.0 Å². The molecule has 0 N–H and O–H groups in total. The van der Waals surface area contributed by atoms with Crippen molar-refractivity contribution < 1.29 is 9.32 Å². The van der Waals surface area contributed by atoms with E-state index in [-0.39, 0.29) is 11.8 Å². The van der Waals surface area contributed by atoms with Crippen LogP contribution in [0.25, 0.3) is 11.4 Å². The van der Waals surface area contributed by atoms with E-state index >= 15 is 0 Å². The molecule has 3 aromatic rings. The predicted molar refractivity (Wildman–Crippen MR) is 117 cm³/mol. The standard InChI is InChI=1S/C25H29N3O2/c1-18(2)20-11-13-21(14-12-20)24-26-25(30-27-24)22-9-6-16-28(17-22)23(29)15-10-19-7-4-3-5-8-19/h3-5,7-8,11-14,18,22H,6,9-10,15-17H2,1-2H3/t22-/m1/s1. The predicted octanol–water partition coefficient (Wildman–Crippen LogP) is 5.20. The molecule has 1 aromatic heterocycles. The molecule has 1 saturated heterocycles. The van der Waals surface area contributed by atoms with Crippen LogP contribution in [0.4, 0.5) is 0 Å². The van der Waals surface area contributed by atoms with Gasteiger partial charge in [0.05, 0.1) is 5.92 Å². The van der Waals surface area contributed by atoms with E-state index in [0.717, 1.165) is 31.4 Å². The van der Waals surface area contributed by atoms with Gasteiger partial charge in [-0.1, -0.05) is 73.6 Å². The van der Waals surface area contributed by atoms with Gasteiger partial charge in [-0.2, -0.15) is 4.98 Å². The maximum Gasteiger partial charge on any atom is 0.231 e. The molecule has 1 amide bonds. The number of rotatable bonds is 6. The van der Waals surface area contributed by atoms with Crippen molar-refractivity contribution in [1.29, 1.82) is 0 Å². The van der Waals surface area contributed by atoms with Crippen LogP contribution in [0, 0.1) is 0 Å². The monoisotopic (exact) mass is 403 g/mol. The first kappa shape index (κ1) is 20.3. The molecule has 0 unspecified atom stereocenters. The van der Waals surface area contributed by atoms with Crippen LogP contribution >= 0.6 is 0 Å². The number of likely N-dealkylation sites (tertiary alicyclic amines) is 1. The third-order valence-corrected chi connectivity index (χ3v) is 5.87. The van der Waals surface area contributed by atoms with Crippen molar-refractivity contribution in [2.24, 2.45) is 0 Å². The molecule has 0 aliphatic carbocycles. The number of hydrogen-bond acceptors (Lipinski definition) is 4. The fraction of sp³-hybridized carbons (Fsp3) is 0.400. The summed E-state index contributed by atoms with van der Waals surface area (Å²) in [5.74, 6) is 2.06. The Bertz CT molecular complexity index is 964. The number of carbonyl (C=O) groups excluding carboxylic acids is 1. The van der Waals surface area contributed by atoms with E-state index in [4.69, 9.17) is 4.52 Å². The number of aryl methyl sites for hydroxylation is 1. The van der Waals surface area contributed by atoms with Crippen molar-refractivity contribution in [3.63, 3.8) is 0 Å². The fourth-order valence-corrected chi connectivity index (χ4v) is 3.99. The van der Waals surface area contributed by atoms with Crippen LogP contribution in [0.2, 0.25) is 0 Å². The zero-order valence-corrected chi connectivity index (χ0v) is 17.8. The summed E-state index contributed by atoms with van der Waals surface area (Å²) < 4.78 is 5.59. The zero-order chi connectivity index (χ0) is 20.9. The third kappa shape index (κ3) is 4.78. The average molecular weight is 404 g/mol. The molecule has 2 aromatic carbocycles. The maximum atomic E-state index is 12.7. The Morgan fingerprint density at radius 1 is 1.13 bits per heavy atom. The number of aromatic nitrogens is 2. The molecule has 0 radical (unpaired) electrons. The van der Waals surface area contributed by atoms with Crippen molar-refractivity contribution in [3.05, 3.63) is 71.6 Å². The van der Waals surface area contributed by atoms with Crippen molar-refractivity contribution in [2.75, 3.05) is 13.1 Å². The van der Waals surface area contributed by atoms with Crippen LogP contribution < -0.4 is 0 Å². The quantitative estimate of drug-likeness (QED) is 0.568. The Morgan fingerprint density at radius 3 is 2.63 bits per heavy atom. The average Bonchev–Trinajstić information content (AvgIpc) is 3.29. The molecule has 1 fully saturated rings.